The van der Waals surface area contributed by atoms with E-state index in [9.17, 15) is 43.2 Å². The van der Waals surface area contributed by atoms with Crippen LogP contribution in [-0.2, 0) is 65.4 Å². The number of unbranched alkanes of at least 4 members (excludes halogenated alkanes) is 51. The van der Waals surface area contributed by atoms with E-state index in [0.717, 1.165) is 102 Å². The summed E-state index contributed by atoms with van der Waals surface area (Å²) in [5.74, 6) is -0.544. The molecule has 2 unspecified atom stereocenters. The molecular formula is C82H160O17P2. The fourth-order valence-corrected chi connectivity index (χ4v) is 14.3. The van der Waals surface area contributed by atoms with Crippen LogP contribution in [0.4, 0.5) is 0 Å². The topological polar surface area (TPSA) is 237 Å². The third kappa shape index (κ3) is 76.1. The van der Waals surface area contributed by atoms with Gasteiger partial charge in [-0.2, -0.15) is 0 Å². The molecule has 101 heavy (non-hydrogen) atoms. The van der Waals surface area contributed by atoms with Gasteiger partial charge in [0.1, 0.15) is 19.3 Å². The van der Waals surface area contributed by atoms with Gasteiger partial charge in [-0.15, -0.1) is 0 Å². The largest absolute Gasteiger partial charge is 0.472 e. The van der Waals surface area contributed by atoms with Crippen molar-refractivity contribution in [3.63, 3.8) is 0 Å². The zero-order valence-electron chi connectivity index (χ0n) is 66.2. The molecule has 0 aliphatic rings. The van der Waals surface area contributed by atoms with Crippen LogP contribution in [0.15, 0.2) is 0 Å². The highest BCUT2D eigenvalue weighted by Crippen LogP contribution is 2.45. The third-order valence-corrected chi connectivity index (χ3v) is 21.1. The fraction of sp³-hybridized carbons (Fsp3) is 0.951. The Hall–Kier alpha value is -1.94. The normalized spacial score (nSPS) is 13.9. The Bertz CT molecular complexity index is 1940. The average molecular weight is 1480 g/mol. The van der Waals surface area contributed by atoms with E-state index in [1.54, 1.807) is 0 Å². The molecule has 0 amide bonds. The van der Waals surface area contributed by atoms with Gasteiger partial charge in [0.25, 0.3) is 0 Å². The molecule has 19 heteroatoms. The highest BCUT2D eigenvalue weighted by molar-refractivity contribution is 7.47. The summed E-state index contributed by atoms with van der Waals surface area (Å²) in [5.41, 5.74) is 0. The number of phosphoric acid groups is 2. The highest BCUT2D eigenvalue weighted by Gasteiger charge is 2.30. The maximum Gasteiger partial charge on any atom is 0.472 e. The summed E-state index contributed by atoms with van der Waals surface area (Å²) in [5, 5.41) is 10.7. The van der Waals surface area contributed by atoms with Crippen LogP contribution in [0.25, 0.3) is 0 Å². The van der Waals surface area contributed by atoms with Crippen molar-refractivity contribution in [1.29, 1.82) is 0 Å². The van der Waals surface area contributed by atoms with E-state index in [1.807, 2.05) is 0 Å². The smallest absolute Gasteiger partial charge is 0.462 e. The van der Waals surface area contributed by atoms with Crippen LogP contribution >= 0.6 is 15.6 Å². The van der Waals surface area contributed by atoms with Gasteiger partial charge in [-0.05, 0) is 37.5 Å². The molecule has 600 valence electrons. The van der Waals surface area contributed by atoms with Gasteiger partial charge in [0, 0.05) is 25.7 Å². The second-order valence-corrected chi connectivity index (χ2v) is 33.4. The average Bonchev–Trinajstić information content (AvgIpc) is 1.08. The molecule has 0 fully saturated rings. The van der Waals surface area contributed by atoms with E-state index in [2.05, 4.69) is 41.5 Å². The number of esters is 4. The predicted octanol–water partition coefficient (Wildman–Crippen LogP) is 24.7. The lowest BCUT2D eigenvalue weighted by atomic mass is 10.0. The first-order valence-electron chi connectivity index (χ1n) is 42.5. The zero-order valence-corrected chi connectivity index (χ0v) is 68.0. The second-order valence-electron chi connectivity index (χ2n) is 30.5. The van der Waals surface area contributed by atoms with Crippen LogP contribution < -0.4 is 0 Å². The SMILES string of the molecule is CCCCCCCCCCCCCCCCCCCC(=O)OC[C@H](COP(=O)(O)OC[C@@H](O)COP(=O)(O)OC[C@@H](COC(=O)CCCCCCCCCCCCCCC)OC(=O)CCCCCCCCCCCCCC(C)C)OC(=O)CCCCCCCCCCCCCCCCC(C)C. The summed E-state index contributed by atoms with van der Waals surface area (Å²) in [6, 6.07) is 0. The molecule has 0 aromatic rings. The number of aliphatic hydroxyl groups excluding tert-OH is 1. The standard InChI is InChI=1S/C82H160O17P2/c1-7-9-11-13-15-17-19-21-22-23-24-29-35-41-47-53-59-65-80(85)93-70-77(98-81(86)66-60-54-48-42-36-30-26-25-28-32-38-44-50-56-62-74(3)4)72-96-100(88,89)94-68-76(83)69-95-101(90,91)97-73-78(71-92-79(84)64-58-52-46-40-34-27-20-18-16-14-12-10-8-2)99-82(87)67-61-55-49-43-37-31-33-39-45-51-57-63-75(5)6/h74-78,83H,7-73H2,1-6H3,(H,88,89)(H,90,91)/t76-,77-,78-/m1/s1. The van der Waals surface area contributed by atoms with E-state index in [0.29, 0.717) is 25.7 Å². The van der Waals surface area contributed by atoms with Crippen molar-refractivity contribution in [2.24, 2.45) is 11.8 Å². The maximum absolute atomic E-state index is 13.1. The van der Waals surface area contributed by atoms with Crippen molar-refractivity contribution in [3.8, 4) is 0 Å². The van der Waals surface area contributed by atoms with E-state index < -0.39 is 97.5 Å². The van der Waals surface area contributed by atoms with Crippen LogP contribution in [0.3, 0.4) is 0 Å². The van der Waals surface area contributed by atoms with Crippen molar-refractivity contribution in [2.75, 3.05) is 39.6 Å². The number of hydrogen-bond donors (Lipinski definition) is 3. The lowest BCUT2D eigenvalue weighted by Gasteiger charge is -2.21. The molecule has 0 aromatic carbocycles. The molecule has 5 atom stereocenters. The molecule has 0 aliphatic carbocycles. The van der Waals surface area contributed by atoms with Crippen LogP contribution in [0.2, 0.25) is 0 Å². The Morgan fingerprint density at radius 1 is 0.267 bits per heavy atom. The highest BCUT2D eigenvalue weighted by atomic mass is 31.2. The molecule has 0 radical (unpaired) electrons. The molecule has 17 nitrogen and oxygen atoms in total. The van der Waals surface area contributed by atoms with Crippen LogP contribution in [0, 0.1) is 11.8 Å². The van der Waals surface area contributed by atoms with E-state index >= 15 is 0 Å². The summed E-state index contributed by atoms with van der Waals surface area (Å²) < 4.78 is 68.8. The van der Waals surface area contributed by atoms with Gasteiger partial charge < -0.3 is 33.8 Å². The van der Waals surface area contributed by atoms with Crippen molar-refractivity contribution >= 4 is 39.5 Å². The summed E-state index contributed by atoms with van der Waals surface area (Å²) in [6.07, 6.45) is 63.7. The molecule has 0 heterocycles. The lowest BCUT2D eigenvalue weighted by molar-refractivity contribution is -0.161. The number of carbonyl (C=O) groups is 4. The molecule has 0 aliphatic heterocycles. The van der Waals surface area contributed by atoms with Gasteiger partial charge in [-0.25, -0.2) is 9.13 Å². The summed E-state index contributed by atoms with van der Waals surface area (Å²) >= 11 is 0. The number of ether oxygens (including phenoxy) is 4. The minimum absolute atomic E-state index is 0.107. The Morgan fingerprint density at radius 3 is 0.673 bits per heavy atom. The van der Waals surface area contributed by atoms with Crippen molar-refractivity contribution in [2.45, 2.75) is 452 Å². The quantitative estimate of drug-likeness (QED) is 0.0222. The Labute approximate surface area is 619 Å². The van der Waals surface area contributed by atoms with Crippen LogP contribution in [-0.4, -0.2) is 96.7 Å². The third-order valence-electron chi connectivity index (χ3n) is 19.2. The second kappa shape index (κ2) is 73.6. The minimum Gasteiger partial charge on any atom is -0.462 e. The minimum atomic E-state index is -4.96. The van der Waals surface area contributed by atoms with Gasteiger partial charge in [-0.1, -0.05) is 382 Å². The number of rotatable bonds is 81. The fourth-order valence-electron chi connectivity index (χ4n) is 12.7. The Balaban J connectivity index is 5.27. The lowest BCUT2D eigenvalue weighted by Crippen LogP contribution is -2.30. The van der Waals surface area contributed by atoms with E-state index in [1.165, 1.54) is 250 Å². The molecule has 0 rings (SSSR count). The van der Waals surface area contributed by atoms with Gasteiger partial charge in [-0.3, -0.25) is 37.3 Å². The van der Waals surface area contributed by atoms with Gasteiger partial charge in [0.15, 0.2) is 12.2 Å². The summed E-state index contributed by atoms with van der Waals surface area (Å²) in [4.78, 5) is 73.1. The van der Waals surface area contributed by atoms with Crippen molar-refractivity contribution < 1.29 is 80.2 Å². The molecule has 0 spiro atoms. The predicted molar refractivity (Wildman–Crippen MR) is 414 cm³/mol. The maximum atomic E-state index is 13.1. The molecule has 0 bridgehead atoms. The number of aliphatic hydroxyl groups is 1. The summed E-state index contributed by atoms with van der Waals surface area (Å²) in [7, 11) is -9.92. The van der Waals surface area contributed by atoms with E-state index in [-0.39, 0.29) is 25.7 Å². The van der Waals surface area contributed by atoms with Gasteiger partial charge in [0.2, 0.25) is 0 Å². The Kier molecular flexibility index (Phi) is 72.2. The molecular weight excluding hydrogens is 1320 g/mol. The van der Waals surface area contributed by atoms with Crippen LogP contribution in [0.5, 0.6) is 0 Å². The van der Waals surface area contributed by atoms with Gasteiger partial charge >= 0.3 is 39.5 Å². The molecule has 0 saturated heterocycles. The molecule has 3 N–H and O–H groups in total. The zero-order chi connectivity index (χ0) is 74.2. The molecule has 0 saturated carbocycles. The van der Waals surface area contributed by atoms with Crippen molar-refractivity contribution in [3.05, 3.63) is 0 Å². The van der Waals surface area contributed by atoms with Crippen LogP contribution in [0.1, 0.15) is 433 Å². The van der Waals surface area contributed by atoms with Gasteiger partial charge in [0.05, 0.1) is 26.4 Å². The van der Waals surface area contributed by atoms with E-state index in [4.69, 9.17) is 37.0 Å². The monoisotopic (exact) mass is 1480 g/mol. The Morgan fingerprint density at radius 2 is 0.455 bits per heavy atom. The molecule has 0 aromatic heterocycles. The first-order valence-corrected chi connectivity index (χ1v) is 45.5. The number of phosphoric ester groups is 2. The number of carbonyl (C=O) groups excluding carboxylic acids is 4. The summed E-state index contributed by atoms with van der Waals surface area (Å²) in [6.45, 7) is 9.67. The van der Waals surface area contributed by atoms with Crippen molar-refractivity contribution in [1.82, 2.24) is 0 Å². The first-order chi connectivity index (χ1) is 48.9. The first kappa shape index (κ1) is 99.1. The number of hydrogen-bond acceptors (Lipinski definition) is 15.